The lowest BCUT2D eigenvalue weighted by Gasteiger charge is -2.33. The summed E-state index contributed by atoms with van der Waals surface area (Å²) >= 11 is 0. The van der Waals surface area contributed by atoms with Crippen molar-refractivity contribution >= 4 is 8.32 Å². The molecule has 19 heavy (non-hydrogen) atoms. The van der Waals surface area contributed by atoms with Crippen molar-refractivity contribution in [3.05, 3.63) is 11.3 Å². The highest BCUT2D eigenvalue weighted by molar-refractivity contribution is 6.70. The fourth-order valence-electron chi connectivity index (χ4n) is 2.77. The monoisotopic (exact) mass is 278 g/mol. The highest BCUT2D eigenvalue weighted by Crippen LogP contribution is 2.45. The van der Waals surface area contributed by atoms with E-state index in [0.29, 0.717) is 11.3 Å². The minimum absolute atomic E-state index is 0.294. The summed E-state index contributed by atoms with van der Waals surface area (Å²) in [5.74, 6) is 4.65. The molecule has 0 saturated heterocycles. The van der Waals surface area contributed by atoms with E-state index in [-0.39, 0.29) is 0 Å². The summed E-state index contributed by atoms with van der Waals surface area (Å²) in [6, 6.07) is 0. The third kappa shape index (κ3) is 5.07. The standard InChI is InChI=1S/C17H30OSi/c1-8-9-10-11-14-12-13-15(17(2,3)4)16(14)18-19(5,6)7/h1,15H,9-13H2,2-7H3/t15-/m1/s1. The number of allylic oxidation sites excluding steroid dienone is 2. The van der Waals surface area contributed by atoms with Gasteiger partial charge < -0.3 is 4.43 Å². The molecule has 0 unspecified atom stereocenters. The predicted molar refractivity (Wildman–Crippen MR) is 86.3 cm³/mol. The second kappa shape index (κ2) is 6.18. The van der Waals surface area contributed by atoms with Crippen molar-refractivity contribution in [1.29, 1.82) is 0 Å². The van der Waals surface area contributed by atoms with E-state index in [0.717, 1.165) is 19.3 Å². The lowest BCUT2D eigenvalue weighted by atomic mass is 9.79. The second-order valence-corrected chi connectivity index (χ2v) is 12.1. The van der Waals surface area contributed by atoms with Crippen LogP contribution in [0.2, 0.25) is 19.6 Å². The first-order valence-corrected chi connectivity index (χ1v) is 10.9. The lowest BCUT2D eigenvalue weighted by molar-refractivity contribution is 0.213. The molecule has 0 aliphatic heterocycles. The zero-order valence-electron chi connectivity index (χ0n) is 13.6. The van der Waals surface area contributed by atoms with Crippen LogP contribution in [0.25, 0.3) is 0 Å². The van der Waals surface area contributed by atoms with Crippen molar-refractivity contribution in [2.45, 2.75) is 72.5 Å². The molecule has 1 aliphatic rings. The van der Waals surface area contributed by atoms with Gasteiger partial charge in [0.25, 0.3) is 0 Å². The number of unbranched alkanes of at least 4 members (excludes halogenated alkanes) is 1. The third-order valence-electron chi connectivity index (χ3n) is 3.66. The first kappa shape index (κ1) is 16.4. The normalized spacial score (nSPS) is 20.6. The molecule has 1 atom stereocenters. The van der Waals surface area contributed by atoms with Gasteiger partial charge in [0.2, 0.25) is 8.32 Å². The fourth-order valence-corrected chi connectivity index (χ4v) is 3.72. The van der Waals surface area contributed by atoms with E-state index >= 15 is 0 Å². The largest absolute Gasteiger partial charge is 0.547 e. The summed E-state index contributed by atoms with van der Waals surface area (Å²) in [4.78, 5) is 0. The summed E-state index contributed by atoms with van der Waals surface area (Å²) in [6.07, 6.45) is 10.9. The summed E-state index contributed by atoms with van der Waals surface area (Å²) in [7, 11) is -1.53. The SMILES string of the molecule is C#CCCCC1=C(O[Si](C)(C)C)[C@H](C(C)(C)C)CC1. The lowest BCUT2D eigenvalue weighted by Crippen LogP contribution is -2.30. The third-order valence-corrected chi connectivity index (χ3v) is 4.49. The summed E-state index contributed by atoms with van der Waals surface area (Å²) in [5.41, 5.74) is 1.83. The van der Waals surface area contributed by atoms with Gasteiger partial charge in [-0.15, -0.1) is 12.3 Å². The fraction of sp³-hybridized carbons (Fsp3) is 0.765. The van der Waals surface area contributed by atoms with Gasteiger partial charge in [-0.1, -0.05) is 20.8 Å². The van der Waals surface area contributed by atoms with Crippen LogP contribution in [-0.4, -0.2) is 8.32 Å². The molecular weight excluding hydrogens is 248 g/mol. The first-order chi connectivity index (χ1) is 8.65. The van der Waals surface area contributed by atoms with Gasteiger partial charge in [-0.05, 0) is 56.3 Å². The Labute approximate surface area is 120 Å². The van der Waals surface area contributed by atoms with Crippen LogP contribution in [0.1, 0.15) is 52.9 Å². The van der Waals surface area contributed by atoms with Crippen LogP contribution >= 0.6 is 0 Å². The summed E-state index contributed by atoms with van der Waals surface area (Å²) in [6.45, 7) is 13.8. The van der Waals surface area contributed by atoms with Gasteiger partial charge in [0, 0.05) is 12.3 Å². The maximum Gasteiger partial charge on any atom is 0.241 e. The molecular formula is C17H30OSi. The Morgan fingerprint density at radius 2 is 1.95 bits per heavy atom. The number of terminal acetylenes is 1. The molecule has 0 amide bonds. The molecule has 1 rings (SSSR count). The van der Waals surface area contributed by atoms with Gasteiger partial charge in [0.15, 0.2) is 0 Å². The first-order valence-electron chi connectivity index (χ1n) is 7.49. The van der Waals surface area contributed by atoms with Crippen LogP contribution in [0.5, 0.6) is 0 Å². The van der Waals surface area contributed by atoms with Gasteiger partial charge in [0.1, 0.15) is 0 Å². The number of rotatable bonds is 5. The molecule has 1 nitrogen and oxygen atoms in total. The maximum absolute atomic E-state index is 6.45. The van der Waals surface area contributed by atoms with Gasteiger partial charge in [-0.3, -0.25) is 0 Å². The minimum atomic E-state index is -1.53. The second-order valence-electron chi connectivity index (χ2n) is 7.70. The molecule has 2 heteroatoms. The van der Waals surface area contributed by atoms with Crippen molar-refractivity contribution < 1.29 is 4.43 Å². The minimum Gasteiger partial charge on any atom is -0.547 e. The smallest absolute Gasteiger partial charge is 0.241 e. The Bertz CT molecular complexity index is 374. The molecule has 0 aromatic heterocycles. The molecule has 0 spiro atoms. The van der Waals surface area contributed by atoms with Gasteiger partial charge in [0.05, 0.1) is 5.76 Å². The average molecular weight is 279 g/mol. The van der Waals surface area contributed by atoms with Crippen molar-refractivity contribution in [3.63, 3.8) is 0 Å². The van der Waals surface area contributed by atoms with Crippen LogP contribution in [0.15, 0.2) is 11.3 Å². The zero-order chi connectivity index (χ0) is 14.7. The number of hydrogen-bond acceptors (Lipinski definition) is 1. The maximum atomic E-state index is 6.45. The zero-order valence-corrected chi connectivity index (χ0v) is 14.6. The Balaban J connectivity index is 2.90. The van der Waals surface area contributed by atoms with Crippen LogP contribution in [0.3, 0.4) is 0 Å². The molecule has 0 N–H and O–H groups in total. The van der Waals surface area contributed by atoms with Gasteiger partial charge in [-0.2, -0.15) is 0 Å². The van der Waals surface area contributed by atoms with E-state index in [1.807, 2.05) is 0 Å². The summed E-state index contributed by atoms with van der Waals surface area (Å²) < 4.78 is 6.45. The van der Waals surface area contributed by atoms with E-state index in [1.165, 1.54) is 24.2 Å². The number of hydrogen-bond donors (Lipinski definition) is 0. The van der Waals surface area contributed by atoms with Crippen molar-refractivity contribution in [1.82, 2.24) is 0 Å². The van der Waals surface area contributed by atoms with E-state index < -0.39 is 8.32 Å². The highest BCUT2D eigenvalue weighted by Gasteiger charge is 2.37. The van der Waals surface area contributed by atoms with E-state index in [4.69, 9.17) is 10.8 Å². The molecule has 0 saturated carbocycles. The van der Waals surface area contributed by atoms with Crippen molar-refractivity contribution in [2.75, 3.05) is 0 Å². The van der Waals surface area contributed by atoms with Gasteiger partial charge >= 0.3 is 0 Å². The Kier molecular flexibility index (Phi) is 5.32. The van der Waals surface area contributed by atoms with E-state index in [2.05, 4.69) is 46.3 Å². The van der Waals surface area contributed by atoms with Crippen LogP contribution in [0, 0.1) is 23.7 Å². The van der Waals surface area contributed by atoms with Crippen LogP contribution < -0.4 is 0 Å². The Morgan fingerprint density at radius 3 is 2.42 bits per heavy atom. The molecule has 0 fully saturated rings. The predicted octanol–water partition coefficient (Wildman–Crippen LogP) is 5.35. The molecule has 0 bridgehead atoms. The van der Waals surface area contributed by atoms with E-state index in [1.54, 1.807) is 0 Å². The molecule has 108 valence electrons. The summed E-state index contributed by atoms with van der Waals surface area (Å²) in [5, 5.41) is 0. The Morgan fingerprint density at radius 1 is 1.32 bits per heavy atom. The molecule has 0 aromatic carbocycles. The molecule has 0 heterocycles. The topological polar surface area (TPSA) is 9.23 Å². The van der Waals surface area contributed by atoms with Crippen LogP contribution in [-0.2, 0) is 4.43 Å². The van der Waals surface area contributed by atoms with Crippen molar-refractivity contribution in [3.8, 4) is 12.3 Å². The van der Waals surface area contributed by atoms with Gasteiger partial charge in [-0.25, -0.2) is 0 Å². The van der Waals surface area contributed by atoms with Crippen molar-refractivity contribution in [2.24, 2.45) is 11.3 Å². The molecule has 0 radical (unpaired) electrons. The highest BCUT2D eigenvalue weighted by atomic mass is 28.4. The van der Waals surface area contributed by atoms with E-state index in [9.17, 15) is 0 Å². The van der Waals surface area contributed by atoms with Crippen LogP contribution in [0.4, 0.5) is 0 Å². The Hall–Kier alpha value is -0.683. The molecule has 1 aliphatic carbocycles. The quantitative estimate of drug-likeness (QED) is 0.374. The average Bonchev–Trinajstić information content (AvgIpc) is 2.59. The molecule has 0 aromatic rings.